The van der Waals surface area contributed by atoms with E-state index in [2.05, 4.69) is 11.8 Å². The first-order valence-electron chi connectivity index (χ1n) is 10.9. The molecule has 1 amide bonds. The van der Waals surface area contributed by atoms with Crippen molar-refractivity contribution in [2.45, 2.75) is 45.1 Å². The quantitative estimate of drug-likeness (QED) is 0.534. The Balaban J connectivity index is 1.49. The van der Waals surface area contributed by atoms with Crippen LogP contribution in [-0.4, -0.2) is 45.0 Å². The number of nitrogens with zero attached hydrogens (tertiary/aromatic N) is 5. The van der Waals surface area contributed by atoms with Gasteiger partial charge in [0, 0.05) is 42.5 Å². The molecule has 2 aliphatic heterocycles. The molecule has 0 radical (unpaired) electrons. The van der Waals surface area contributed by atoms with Gasteiger partial charge in [-0.05, 0) is 57.2 Å². The normalized spacial score (nSPS) is 19.4. The lowest BCUT2D eigenvalue weighted by molar-refractivity contribution is 0.0606. The summed E-state index contributed by atoms with van der Waals surface area (Å²) in [6.45, 7) is 4.87. The first-order valence-corrected chi connectivity index (χ1v) is 11.6. The lowest BCUT2D eigenvalue weighted by Gasteiger charge is -2.35. The summed E-state index contributed by atoms with van der Waals surface area (Å²) < 4.78 is 1.84. The second-order valence-corrected chi connectivity index (χ2v) is 9.29. The Morgan fingerprint density at radius 1 is 1.06 bits per heavy atom. The minimum Gasteiger partial charge on any atom is -0.356 e. The zero-order valence-electron chi connectivity index (χ0n) is 17.5. The van der Waals surface area contributed by atoms with E-state index in [1.54, 1.807) is 18.2 Å². The van der Waals surface area contributed by atoms with Crippen LogP contribution in [0, 0.1) is 6.92 Å². The molecule has 0 bridgehead atoms. The molecule has 0 saturated carbocycles. The second-order valence-electron chi connectivity index (χ2n) is 8.45. The molecule has 3 aromatic rings. The predicted octanol–water partition coefficient (Wildman–Crippen LogP) is 5.31. The number of hydrogen-bond acceptors (Lipinski definition) is 4. The van der Waals surface area contributed by atoms with Crippen LogP contribution in [0.4, 0.5) is 5.82 Å². The number of aryl methyl sites for hydroxylation is 1. The molecule has 5 rings (SSSR count). The summed E-state index contributed by atoms with van der Waals surface area (Å²) in [4.78, 5) is 22.5. The molecular formula is C23H25Cl2N5O. The summed E-state index contributed by atoms with van der Waals surface area (Å²) in [6, 6.07) is 6.96. The summed E-state index contributed by atoms with van der Waals surface area (Å²) in [6.07, 6.45) is 7.37. The molecule has 2 aliphatic rings. The SMILES string of the molecule is Cc1cn2nc([C@@H]3CCCCN3C(=O)c3ccc(Cl)cc3Cl)cc2nc1N1CCCC1. The number of rotatable bonds is 3. The maximum Gasteiger partial charge on any atom is 0.255 e. The van der Waals surface area contributed by atoms with Gasteiger partial charge in [-0.2, -0.15) is 5.10 Å². The van der Waals surface area contributed by atoms with Crippen molar-refractivity contribution in [2.75, 3.05) is 24.5 Å². The van der Waals surface area contributed by atoms with Crippen LogP contribution < -0.4 is 4.90 Å². The van der Waals surface area contributed by atoms with Gasteiger partial charge in [0.15, 0.2) is 5.65 Å². The monoisotopic (exact) mass is 457 g/mol. The topological polar surface area (TPSA) is 53.7 Å². The van der Waals surface area contributed by atoms with Crippen LogP contribution in [0.2, 0.25) is 10.0 Å². The maximum atomic E-state index is 13.4. The van der Waals surface area contributed by atoms with E-state index in [4.69, 9.17) is 33.3 Å². The van der Waals surface area contributed by atoms with Gasteiger partial charge in [0.2, 0.25) is 0 Å². The summed E-state index contributed by atoms with van der Waals surface area (Å²) in [5.41, 5.74) is 3.30. The van der Waals surface area contributed by atoms with E-state index in [0.717, 1.165) is 55.1 Å². The van der Waals surface area contributed by atoms with Crippen LogP contribution in [-0.2, 0) is 0 Å². The van der Waals surface area contributed by atoms with Crippen LogP contribution in [0.25, 0.3) is 5.65 Å². The van der Waals surface area contributed by atoms with Gasteiger partial charge in [0.1, 0.15) is 5.82 Å². The summed E-state index contributed by atoms with van der Waals surface area (Å²) in [7, 11) is 0. The van der Waals surface area contributed by atoms with Crippen LogP contribution >= 0.6 is 23.2 Å². The maximum absolute atomic E-state index is 13.4. The van der Waals surface area contributed by atoms with Gasteiger partial charge in [-0.3, -0.25) is 4.79 Å². The number of aromatic nitrogens is 3. The van der Waals surface area contributed by atoms with Crippen LogP contribution in [0.1, 0.15) is 59.8 Å². The molecule has 1 atom stereocenters. The number of fused-ring (bicyclic) bond motifs is 1. The lowest BCUT2D eigenvalue weighted by Crippen LogP contribution is -2.38. The fourth-order valence-corrected chi connectivity index (χ4v) is 5.22. The minimum absolute atomic E-state index is 0.0784. The molecule has 6 nitrogen and oxygen atoms in total. The number of amides is 1. The Bertz CT molecular complexity index is 1140. The van der Waals surface area contributed by atoms with Crippen LogP contribution in [0.15, 0.2) is 30.5 Å². The van der Waals surface area contributed by atoms with E-state index in [1.165, 1.54) is 12.8 Å². The summed E-state index contributed by atoms with van der Waals surface area (Å²) in [5, 5.41) is 5.72. The molecule has 1 aromatic carbocycles. The first kappa shape index (κ1) is 20.6. The molecule has 2 saturated heterocycles. The van der Waals surface area contributed by atoms with Crippen molar-refractivity contribution in [1.29, 1.82) is 0 Å². The second kappa shape index (κ2) is 8.32. The molecule has 2 aromatic heterocycles. The van der Waals surface area contributed by atoms with Gasteiger partial charge in [0.05, 0.1) is 22.3 Å². The Labute approximate surface area is 191 Å². The first-order chi connectivity index (χ1) is 15.0. The molecule has 0 N–H and O–H groups in total. The largest absolute Gasteiger partial charge is 0.356 e. The number of benzene rings is 1. The zero-order chi connectivity index (χ0) is 21.5. The number of halogens is 2. The number of piperidine rings is 1. The number of hydrogen-bond donors (Lipinski definition) is 0. The molecule has 2 fully saturated rings. The molecule has 31 heavy (non-hydrogen) atoms. The highest BCUT2D eigenvalue weighted by atomic mass is 35.5. The highest BCUT2D eigenvalue weighted by Crippen LogP contribution is 2.34. The number of likely N-dealkylation sites (tertiary alicyclic amines) is 1. The number of carbonyl (C=O) groups excluding carboxylic acids is 1. The Morgan fingerprint density at radius 3 is 2.61 bits per heavy atom. The summed E-state index contributed by atoms with van der Waals surface area (Å²) >= 11 is 12.3. The Hall–Kier alpha value is -2.31. The molecule has 0 aliphatic carbocycles. The third-order valence-corrected chi connectivity index (χ3v) is 6.84. The lowest BCUT2D eigenvalue weighted by atomic mass is 9.98. The molecule has 162 valence electrons. The van der Waals surface area contributed by atoms with Gasteiger partial charge < -0.3 is 9.80 Å². The Morgan fingerprint density at radius 2 is 1.84 bits per heavy atom. The number of carbonyl (C=O) groups is 1. The highest BCUT2D eigenvalue weighted by Gasteiger charge is 2.32. The van der Waals surface area contributed by atoms with Gasteiger partial charge in [-0.25, -0.2) is 9.50 Å². The van der Waals surface area contributed by atoms with Gasteiger partial charge in [-0.1, -0.05) is 23.2 Å². The van der Waals surface area contributed by atoms with E-state index < -0.39 is 0 Å². The van der Waals surface area contributed by atoms with Crippen molar-refractivity contribution >= 4 is 40.6 Å². The standard InChI is InChI=1S/C23H25Cl2N5O/c1-15-14-30-21(26-22(15)28-9-4-5-10-28)13-19(27-30)20-6-2-3-11-29(20)23(31)17-8-7-16(24)12-18(17)25/h7-8,12-14,20H,2-6,9-11H2,1H3/t20-/m0/s1. The van der Waals surface area contributed by atoms with Gasteiger partial charge in [-0.15, -0.1) is 0 Å². The Kier molecular flexibility index (Phi) is 5.52. The van der Waals surface area contributed by atoms with E-state index in [1.807, 2.05) is 21.7 Å². The van der Waals surface area contributed by atoms with E-state index in [0.29, 0.717) is 22.2 Å². The third kappa shape index (κ3) is 3.87. The summed E-state index contributed by atoms with van der Waals surface area (Å²) in [5.74, 6) is 0.964. The zero-order valence-corrected chi connectivity index (χ0v) is 19.0. The fraction of sp³-hybridized carbons (Fsp3) is 0.435. The predicted molar refractivity (Wildman–Crippen MR) is 123 cm³/mol. The van der Waals surface area contributed by atoms with Gasteiger partial charge in [0.25, 0.3) is 5.91 Å². The minimum atomic E-state index is -0.0924. The van der Waals surface area contributed by atoms with Crippen molar-refractivity contribution in [3.05, 3.63) is 57.3 Å². The average molecular weight is 458 g/mol. The van der Waals surface area contributed by atoms with E-state index in [9.17, 15) is 4.79 Å². The van der Waals surface area contributed by atoms with Crippen molar-refractivity contribution < 1.29 is 4.79 Å². The van der Waals surface area contributed by atoms with Crippen molar-refractivity contribution in [3.8, 4) is 0 Å². The van der Waals surface area contributed by atoms with Gasteiger partial charge >= 0.3 is 0 Å². The third-order valence-electron chi connectivity index (χ3n) is 6.30. The molecular weight excluding hydrogens is 433 g/mol. The average Bonchev–Trinajstić information content (AvgIpc) is 3.42. The van der Waals surface area contributed by atoms with E-state index in [-0.39, 0.29) is 11.9 Å². The van der Waals surface area contributed by atoms with E-state index >= 15 is 0 Å². The van der Waals surface area contributed by atoms with Crippen LogP contribution in [0.5, 0.6) is 0 Å². The molecule has 8 heteroatoms. The van der Waals surface area contributed by atoms with Crippen molar-refractivity contribution in [2.24, 2.45) is 0 Å². The fourth-order valence-electron chi connectivity index (χ4n) is 4.73. The molecule has 0 unspecified atom stereocenters. The number of anilines is 1. The molecule has 0 spiro atoms. The molecule has 4 heterocycles. The highest BCUT2D eigenvalue weighted by molar-refractivity contribution is 6.36. The van der Waals surface area contributed by atoms with Crippen molar-refractivity contribution in [3.63, 3.8) is 0 Å². The van der Waals surface area contributed by atoms with Crippen LogP contribution in [0.3, 0.4) is 0 Å². The smallest absolute Gasteiger partial charge is 0.255 e. The van der Waals surface area contributed by atoms with Crippen molar-refractivity contribution in [1.82, 2.24) is 19.5 Å².